The normalized spacial score (nSPS) is 23.3. The molecule has 1 saturated heterocycles. The molecule has 3 aliphatic carbocycles. The molecule has 1 spiro atoms. The molecule has 36 heavy (non-hydrogen) atoms. The minimum absolute atomic E-state index is 0.0655. The largest absolute Gasteiger partial charge is 0.495 e. The summed E-state index contributed by atoms with van der Waals surface area (Å²) in [6, 6.07) is 20.9. The number of fused-ring (bicyclic) bond motifs is 9. The summed E-state index contributed by atoms with van der Waals surface area (Å²) in [7, 11) is -0.367. The SMILES string of the molecule is CC1(C)c2cccc(B3OC(C)(C)C(C)(C)O3)c2-c2c1ccc1c2C2(CCCCC2)c2ccccc2-1. The van der Waals surface area contributed by atoms with E-state index in [9.17, 15) is 0 Å². The van der Waals surface area contributed by atoms with Gasteiger partial charge >= 0.3 is 7.12 Å². The van der Waals surface area contributed by atoms with E-state index in [1.165, 1.54) is 70.9 Å². The van der Waals surface area contributed by atoms with Crippen LogP contribution in [0.4, 0.5) is 0 Å². The average Bonchev–Trinajstić information content (AvgIpc) is 3.35. The Morgan fingerprint density at radius 2 is 1.25 bits per heavy atom. The molecule has 0 aromatic heterocycles. The van der Waals surface area contributed by atoms with E-state index < -0.39 is 0 Å². The molecule has 1 aliphatic heterocycles. The Bertz CT molecular complexity index is 1390. The Kier molecular flexibility index (Phi) is 4.53. The molecule has 0 unspecified atom stereocenters. The monoisotopic (exact) mass is 476 g/mol. The van der Waals surface area contributed by atoms with Crippen molar-refractivity contribution in [1.82, 2.24) is 0 Å². The lowest BCUT2D eigenvalue weighted by molar-refractivity contribution is 0.00578. The van der Waals surface area contributed by atoms with Gasteiger partial charge in [0, 0.05) is 10.8 Å². The molecular formula is C33H37BO2. The molecule has 1 saturated carbocycles. The van der Waals surface area contributed by atoms with Gasteiger partial charge in [-0.15, -0.1) is 0 Å². The molecular weight excluding hydrogens is 439 g/mol. The summed E-state index contributed by atoms with van der Waals surface area (Å²) in [4.78, 5) is 0. The fraction of sp³-hybridized carbons (Fsp3) is 0.455. The second kappa shape index (κ2) is 7.14. The van der Waals surface area contributed by atoms with E-state index in [4.69, 9.17) is 9.31 Å². The van der Waals surface area contributed by atoms with Gasteiger partial charge in [0.05, 0.1) is 11.2 Å². The van der Waals surface area contributed by atoms with Crippen LogP contribution in [0.3, 0.4) is 0 Å². The zero-order valence-electron chi connectivity index (χ0n) is 22.6. The number of hydrogen-bond acceptors (Lipinski definition) is 2. The molecule has 184 valence electrons. The molecule has 3 aromatic rings. The minimum atomic E-state index is -0.367. The highest BCUT2D eigenvalue weighted by molar-refractivity contribution is 6.64. The highest BCUT2D eigenvalue weighted by atomic mass is 16.7. The third-order valence-electron chi connectivity index (χ3n) is 10.3. The van der Waals surface area contributed by atoms with Crippen molar-refractivity contribution in [2.24, 2.45) is 0 Å². The Labute approximate surface area is 216 Å². The van der Waals surface area contributed by atoms with Crippen molar-refractivity contribution in [2.45, 2.75) is 95.7 Å². The maximum atomic E-state index is 6.65. The second-order valence-electron chi connectivity index (χ2n) is 13.1. The van der Waals surface area contributed by atoms with E-state index >= 15 is 0 Å². The first-order valence-electron chi connectivity index (χ1n) is 13.9. The van der Waals surface area contributed by atoms with Crippen LogP contribution in [-0.2, 0) is 20.1 Å². The lowest BCUT2D eigenvalue weighted by atomic mass is 9.65. The molecule has 0 amide bonds. The molecule has 4 aliphatic rings. The van der Waals surface area contributed by atoms with Crippen molar-refractivity contribution in [3.05, 3.63) is 76.9 Å². The maximum absolute atomic E-state index is 6.65. The third kappa shape index (κ3) is 2.71. The number of hydrogen-bond donors (Lipinski definition) is 0. The van der Waals surface area contributed by atoms with E-state index in [-0.39, 0.29) is 29.2 Å². The molecule has 3 heteroatoms. The standard InChI is InChI=1S/C33H37BO2/c1-30(2)24-15-12-16-26(34-35-31(3,4)32(5,6)36-34)27(24)28-25(30)18-17-22-21-13-8-9-14-23(21)33(29(22)28)19-10-7-11-20-33/h8-9,12-18H,7,10-11,19-20H2,1-6H3. The van der Waals surface area contributed by atoms with Crippen molar-refractivity contribution < 1.29 is 9.31 Å². The minimum Gasteiger partial charge on any atom is -0.399 e. The fourth-order valence-electron chi connectivity index (χ4n) is 7.73. The number of benzene rings is 3. The Balaban J connectivity index is 1.53. The number of rotatable bonds is 1. The molecule has 0 radical (unpaired) electrons. The van der Waals surface area contributed by atoms with E-state index in [0.717, 1.165) is 0 Å². The average molecular weight is 476 g/mol. The van der Waals surface area contributed by atoms with Gasteiger partial charge in [0.25, 0.3) is 0 Å². The van der Waals surface area contributed by atoms with Crippen LogP contribution in [0.15, 0.2) is 54.6 Å². The summed E-state index contributed by atoms with van der Waals surface area (Å²) in [6.45, 7) is 13.4. The first-order valence-corrected chi connectivity index (χ1v) is 13.9. The summed E-state index contributed by atoms with van der Waals surface area (Å²) >= 11 is 0. The van der Waals surface area contributed by atoms with Crippen LogP contribution in [0.25, 0.3) is 22.3 Å². The zero-order chi connectivity index (χ0) is 25.1. The summed E-state index contributed by atoms with van der Waals surface area (Å²) in [5, 5.41) is 0. The molecule has 2 nitrogen and oxygen atoms in total. The van der Waals surface area contributed by atoms with E-state index in [2.05, 4.69) is 96.1 Å². The van der Waals surface area contributed by atoms with Crippen LogP contribution < -0.4 is 5.46 Å². The quantitative estimate of drug-likeness (QED) is 0.338. The van der Waals surface area contributed by atoms with Crippen LogP contribution in [-0.4, -0.2) is 18.3 Å². The first-order chi connectivity index (χ1) is 17.1. The van der Waals surface area contributed by atoms with Gasteiger partial charge in [-0.3, -0.25) is 0 Å². The molecule has 2 fully saturated rings. The second-order valence-corrected chi connectivity index (χ2v) is 13.1. The van der Waals surface area contributed by atoms with Crippen LogP contribution in [0.5, 0.6) is 0 Å². The van der Waals surface area contributed by atoms with Crippen LogP contribution in [0, 0.1) is 0 Å². The van der Waals surface area contributed by atoms with E-state index in [0.29, 0.717) is 0 Å². The Morgan fingerprint density at radius 3 is 1.97 bits per heavy atom. The van der Waals surface area contributed by atoms with Gasteiger partial charge in [0.15, 0.2) is 0 Å². The fourth-order valence-corrected chi connectivity index (χ4v) is 7.73. The molecule has 0 bridgehead atoms. The summed E-state index contributed by atoms with van der Waals surface area (Å²) < 4.78 is 13.3. The van der Waals surface area contributed by atoms with Crippen molar-refractivity contribution >= 4 is 12.6 Å². The van der Waals surface area contributed by atoms with Crippen molar-refractivity contribution in [3.63, 3.8) is 0 Å². The Hall–Kier alpha value is -2.36. The zero-order valence-corrected chi connectivity index (χ0v) is 22.6. The van der Waals surface area contributed by atoms with Crippen LogP contribution >= 0.6 is 0 Å². The van der Waals surface area contributed by atoms with Gasteiger partial charge in [-0.1, -0.05) is 87.7 Å². The predicted molar refractivity (Wildman–Crippen MR) is 149 cm³/mol. The van der Waals surface area contributed by atoms with Crippen LogP contribution in [0.2, 0.25) is 0 Å². The lowest BCUT2D eigenvalue weighted by Crippen LogP contribution is -2.41. The van der Waals surface area contributed by atoms with E-state index in [1.54, 1.807) is 11.1 Å². The Morgan fingerprint density at radius 1 is 0.611 bits per heavy atom. The van der Waals surface area contributed by atoms with Crippen molar-refractivity contribution in [2.75, 3.05) is 0 Å². The van der Waals surface area contributed by atoms with Crippen molar-refractivity contribution in [3.8, 4) is 22.3 Å². The van der Waals surface area contributed by atoms with E-state index in [1.807, 2.05) is 0 Å². The van der Waals surface area contributed by atoms with Gasteiger partial charge in [-0.05, 0) is 90.5 Å². The third-order valence-corrected chi connectivity index (χ3v) is 10.3. The predicted octanol–water partition coefficient (Wildman–Crippen LogP) is 7.52. The smallest absolute Gasteiger partial charge is 0.399 e. The molecule has 1 heterocycles. The van der Waals surface area contributed by atoms with Gasteiger partial charge in [0.2, 0.25) is 0 Å². The molecule has 7 rings (SSSR count). The molecule has 0 N–H and O–H groups in total. The topological polar surface area (TPSA) is 18.5 Å². The summed E-state index contributed by atoms with van der Waals surface area (Å²) in [6.07, 6.45) is 6.42. The van der Waals surface area contributed by atoms with Gasteiger partial charge in [-0.2, -0.15) is 0 Å². The highest BCUT2D eigenvalue weighted by Crippen LogP contribution is 2.62. The maximum Gasteiger partial charge on any atom is 0.495 e. The summed E-state index contributed by atoms with van der Waals surface area (Å²) in [5.41, 5.74) is 12.2. The van der Waals surface area contributed by atoms with Crippen molar-refractivity contribution in [1.29, 1.82) is 0 Å². The van der Waals surface area contributed by atoms with Gasteiger partial charge in [-0.25, -0.2) is 0 Å². The molecule has 0 atom stereocenters. The first kappa shape index (κ1) is 22.8. The van der Waals surface area contributed by atoms with Gasteiger partial charge in [0.1, 0.15) is 0 Å². The highest BCUT2D eigenvalue weighted by Gasteiger charge is 2.55. The molecule has 3 aromatic carbocycles. The van der Waals surface area contributed by atoms with Gasteiger partial charge < -0.3 is 9.31 Å². The summed E-state index contributed by atoms with van der Waals surface area (Å²) in [5.74, 6) is 0. The van der Waals surface area contributed by atoms with Crippen LogP contribution in [0.1, 0.15) is 95.9 Å². The lowest BCUT2D eigenvalue weighted by Gasteiger charge is -2.37.